The summed E-state index contributed by atoms with van der Waals surface area (Å²) in [5.41, 5.74) is 0. The lowest BCUT2D eigenvalue weighted by molar-refractivity contribution is -0.0167. The smallest absolute Gasteiger partial charge is 0.390 e. The lowest BCUT2D eigenvalue weighted by Crippen LogP contribution is -2.26. The van der Waals surface area contributed by atoms with Crippen molar-refractivity contribution in [1.29, 1.82) is 0 Å². The van der Waals surface area contributed by atoms with Gasteiger partial charge < -0.3 is 29.4 Å². The third-order valence-electron chi connectivity index (χ3n) is 2.23. The van der Waals surface area contributed by atoms with E-state index in [4.69, 9.17) is 24.3 Å². The predicted molar refractivity (Wildman–Crippen MR) is 64.8 cm³/mol. The van der Waals surface area contributed by atoms with Crippen molar-refractivity contribution in [3.8, 4) is 0 Å². The molecule has 21 heavy (non-hydrogen) atoms. The fraction of sp³-hybridized carbons (Fsp3) is 1.00. The third-order valence-corrected chi connectivity index (χ3v) is 6.03. The van der Waals surface area contributed by atoms with Crippen LogP contribution in [0.4, 0.5) is 0 Å². The molecule has 12 nitrogen and oxygen atoms in total. The molecule has 1 aliphatic rings. The van der Waals surface area contributed by atoms with Gasteiger partial charge in [0.05, 0.1) is 18.8 Å². The Morgan fingerprint density at radius 1 is 1.10 bits per heavy atom. The Labute approximate surface area is 119 Å². The van der Waals surface area contributed by atoms with Crippen LogP contribution in [0.1, 0.15) is 13.3 Å². The molecular formula is C6H15O12P3. The van der Waals surface area contributed by atoms with Gasteiger partial charge in [-0.05, 0) is 6.92 Å². The van der Waals surface area contributed by atoms with Gasteiger partial charge in [-0.2, -0.15) is 8.62 Å². The maximum Gasteiger partial charge on any atom is 0.490 e. The van der Waals surface area contributed by atoms with Crippen molar-refractivity contribution in [2.75, 3.05) is 6.61 Å². The minimum atomic E-state index is -5.53. The normalized spacial score (nSPS) is 32.6. The average Bonchev–Trinajstić information content (AvgIpc) is 2.48. The van der Waals surface area contributed by atoms with E-state index in [0.29, 0.717) is 0 Å². The Morgan fingerprint density at radius 3 is 2.10 bits per heavy atom. The van der Waals surface area contributed by atoms with E-state index in [0.717, 1.165) is 0 Å². The molecule has 1 aliphatic heterocycles. The Bertz CT molecular complexity index is 499. The van der Waals surface area contributed by atoms with E-state index in [-0.39, 0.29) is 12.5 Å². The molecule has 1 heterocycles. The highest BCUT2D eigenvalue weighted by molar-refractivity contribution is 7.66. The van der Waals surface area contributed by atoms with Gasteiger partial charge in [0.1, 0.15) is 6.10 Å². The molecule has 1 rings (SSSR count). The molecule has 0 aliphatic carbocycles. The van der Waals surface area contributed by atoms with Gasteiger partial charge in [0, 0.05) is 6.42 Å². The Kier molecular flexibility index (Phi) is 6.31. The third kappa shape index (κ3) is 7.43. The van der Waals surface area contributed by atoms with Crippen molar-refractivity contribution < 1.29 is 56.3 Å². The van der Waals surface area contributed by atoms with E-state index in [9.17, 15) is 18.8 Å². The zero-order valence-electron chi connectivity index (χ0n) is 10.6. The van der Waals surface area contributed by atoms with Crippen LogP contribution in [0.5, 0.6) is 0 Å². The molecule has 5 atom stereocenters. The van der Waals surface area contributed by atoms with Crippen LogP contribution in [0.25, 0.3) is 0 Å². The molecule has 0 amide bonds. The quantitative estimate of drug-likeness (QED) is 0.373. The molecular weight excluding hydrogens is 357 g/mol. The fourth-order valence-corrected chi connectivity index (χ4v) is 4.59. The van der Waals surface area contributed by atoms with Crippen LogP contribution >= 0.6 is 23.5 Å². The highest BCUT2D eigenvalue weighted by Gasteiger charge is 2.42. The van der Waals surface area contributed by atoms with Crippen molar-refractivity contribution in [1.82, 2.24) is 0 Å². The molecule has 1 saturated heterocycles. The zero-order valence-corrected chi connectivity index (χ0v) is 13.3. The molecule has 0 aromatic rings. The van der Waals surface area contributed by atoms with E-state index < -0.39 is 42.3 Å². The largest absolute Gasteiger partial charge is 0.490 e. The highest BCUT2D eigenvalue weighted by atomic mass is 31.3. The van der Waals surface area contributed by atoms with Gasteiger partial charge in [0.15, 0.2) is 0 Å². The summed E-state index contributed by atoms with van der Waals surface area (Å²) >= 11 is 0. The summed E-state index contributed by atoms with van der Waals surface area (Å²) in [5.74, 6) is 0. The van der Waals surface area contributed by atoms with Crippen LogP contribution in [0.3, 0.4) is 0 Å². The van der Waals surface area contributed by atoms with Crippen LogP contribution < -0.4 is 0 Å². The number of ether oxygens (including phenoxy) is 1. The number of hydrogen-bond donors (Lipinski definition) is 5. The average molecular weight is 372 g/mol. The number of hydrogen-bond acceptors (Lipinski definition) is 8. The number of rotatable bonds is 7. The lowest BCUT2D eigenvalue weighted by Gasteiger charge is -2.19. The first kappa shape index (κ1) is 19.4. The Hall–Kier alpha value is 0.330. The molecule has 2 unspecified atom stereocenters. The fourth-order valence-electron chi connectivity index (χ4n) is 1.56. The van der Waals surface area contributed by atoms with Crippen molar-refractivity contribution in [2.45, 2.75) is 31.7 Å². The Balaban J connectivity index is 2.56. The minimum absolute atomic E-state index is 0.268. The molecule has 0 bridgehead atoms. The van der Waals surface area contributed by atoms with Crippen LogP contribution in [0, 0.1) is 0 Å². The van der Waals surface area contributed by atoms with Crippen molar-refractivity contribution in [3.63, 3.8) is 0 Å². The molecule has 0 spiro atoms. The van der Waals surface area contributed by atoms with Crippen LogP contribution in [-0.4, -0.2) is 49.6 Å². The molecule has 0 aromatic carbocycles. The molecule has 15 heteroatoms. The first-order valence-electron chi connectivity index (χ1n) is 5.41. The molecule has 0 radical (unpaired) electrons. The van der Waals surface area contributed by atoms with Gasteiger partial charge in [0.2, 0.25) is 0 Å². The number of phosphoric ester groups is 1. The van der Waals surface area contributed by atoms with Gasteiger partial charge in [0.25, 0.3) is 0 Å². The summed E-state index contributed by atoms with van der Waals surface area (Å²) in [4.78, 5) is 34.7. The number of aliphatic hydroxyl groups excluding tert-OH is 1. The summed E-state index contributed by atoms with van der Waals surface area (Å²) in [6.45, 7) is 1.00. The van der Waals surface area contributed by atoms with Gasteiger partial charge in [-0.1, -0.05) is 0 Å². The summed E-state index contributed by atoms with van der Waals surface area (Å²) in [6, 6.07) is 0. The lowest BCUT2D eigenvalue weighted by atomic mass is 10.1. The summed E-state index contributed by atoms with van der Waals surface area (Å²) < 4.78 is 49.3. The molecule has 5 N–H and O–H groups in total. The summed E-state index contributed by atoms with van der Waals surface area (Å²) in [5, 5.41) is 9.49. The molecule has 1 fully saturated rings. The van der Waals surface area contributed by atoms with Crippen molar-refractivity contribution in [3.05, 3.63) is 0 Å². The second-order valence-corrected chi connectivity index (χ2v) is 8.59. The van der Waals surface area contributed by atoms with Crippen molar-refractivity contribution in [2.24, 2.45) is 0 Å². The standard InChI is InChI=1S/C6H15O12P3/c1-4-2-5(7)6(16-4)3-15-20(11,12)18-21(13,14)17-19(8,9)10/h4-7H,2-3H2,1H3,(H,11,12)(H,13,14)(H2,8,9,10)/t4-,5+,6+/m0/s1. The summed E-state index contributed by atoms with van der Waals surface area (Å²) in [7, 11) is -16.1. The van der Waals surface area contributed by atoms with Crippen LogP contribution in [-0.2, 0) is 31.6 Å². The van der Waals surface area contributed by atoms with Crippen LogP contribution in [0.2, 0.25) is 0 Å². The van der Waals surface area contributed by atoms with Gasteiger partial charge in [-0.25, -0.2) is 13.7 Å². The maximum atomic E-state index is 11.4. The SMILES string of the molecule is C[C@H]1C[C@@H](O)[C@@H](COP(=O)(O)OP(=O)(O)OP(=O)(O)O)O1. The monoisotopic (exact) mass is 372 g/mol. The van der Waals surface area contributed by atoms with E-state index in [1.807, 2.05) is 0 Å². The molecule has 0 aromatic heterocycles. The first-order valence-corrected chi connectivity index (χ1v) is 9.94. The van der Waals surface area contributed by atoms with Gasteiger partial charge in [-0.15, -0.1) is 0 Å². The van der Waals surface area contributed by atoms with Gasteiger partial charge in [-0.3, -0.25) is 4.52 Å². The molecule has 126 valence electrons. The Morgan fingerprint density at radius 2 is 1.67 bits per heavy atom. The van der Waals surface area contributed by atoms with E-state index in [1.165, 1.54) is 0 Å². The summed E-state index contributed by atoms with van der Waals surface area (Å²) in [6.07, 6.45) is -1.96. The maximum absolute atomic E-state index is 11.4. The predicted octanol–water partition coefficient (Wildman–Crippen LogP) is -0.132. The minimum Gasteiger partial charge on any atom is -0.390 e. The number of phosphoric acid groups is 3. The number of aliphatic hydroxyl groups is 1. The second kappa shape index (κ2) is 6.84. The topological polar surface area (TPSA) is 189 Å². The highest BCUT2D eigenvalue weighted by Crippen LogP contribution is 2.66. The van der Waals surface area contributed by atoms with Crippen LogP contribution in [0.15, 0.2) is 0 Å². The van der Waals surface area contributed by atoms with E-state index in [1.54, 1.807) is 6.92 Å². The zero-order chi connectivity index (χ0) is 16.5. The second-order valence-electron chi connectivity index (χ2n) is 4.17. The van der Waals surface area contributed by atoms with E-state index >= 15 is 0 Å². The van der Waals surface area contributed by atoms with Gasteiger partial charge >= 0.3 is 23.5 Å². The molecule has 0 saturated carbocycles. The first-order chi connectivity index (χ1) is 9.30. The van der Waals surface area contributed by atoms with E-state index in [2.05, 4.69) is 13.1 Å². The van der Waals surface area contributed by atoms with Crippen molar-refractivity contribution >= 4 is 23.5 Å².